The Hall–Kier alpha value is -2.67. The molecule has 0 fully saturated rings. The van der Waals surface area contributed by atoms with Gasteiger partial charge in [-0.1, -0.05) is 23.8 Å². The van der Waals surface area contributed by atoms with Crippen molar-refractivity contribution in [1.82, 2.24) is 5.32 Å². The van der Waals surface area contributed by atoms with Crippen molar-refractivity contribution in [1.29, 1.82) is 5.26 Å². The van der Waals surface area contributed by atoms with E-state index in [1.54, 1.807) is 6.07 Å². The number of benzene rings is 2. The molecule has 0 saturated carbocycles. The number of aryl methyl sites for hydroxylation is 2. The fourth-order valence-electron chi connectivity index (χ4n) is 2.10. The number of amides is 1. The van der Waals surface area contributed by atoms with E-state index in [-0.39, 0.29) is 18.0 Å². The Morgan fingerprint density at radius 2 is 2.00 bits per heavy atom. The number of hydrogen-bond acceptors (Lipinski definition) is 2. The third-order valence-electron chi connectivity index (χ3n) is 3.25. The van der Waals surface area contributed by atoms with Crippen LogP contribution in [-0.4, -0.2) is 5.91 Å². The largest absolute Gasteiger partial charge is 0.348 e. The lowest BCUT2D eigenvalue weighted by Gasteiger charge is -2.09. The average Bonchev–Trinajstić information content (AvgIpc) is 2.45. The predicted octanol–water partition coefficient (Wildman–Crippen LogP) is 3.24. The summed E-state index contributed by atoms with van der Waals surface area (Å²) in [6.45, 7) is 3.91. The summed E-state index contributed by atoms with van der Waals surface area (Å²) in [6, 6.07) is 11.6. The first-order chi connectivity index (χ1) is 10.0. The average molecular weight is 282 g/mol. The van der Waals surface area contributed by atoms with Gasteiger partial charge in [0.2, 0.25) is 0 Å². The van der Waals surface area contributed by atoms with E-state index in [0.717, 1.165) is 11.1 Å². The molecule has 0 radical (unpaired) electrons. The van der Waals surface area contributed by atoms with Crippen LogP contribution in [0.3, 0.4) is 0 Å². The predicted molar refractivity (Wildman–Crippen MR) is 78.2 cm³/mol. The fourth-order valence-corrected chi connectivity index (χ4v) is 2.10. The molecule has 2 rings (SSSR count). The minimum atomic E-state index is -0.491. The number of nitriles is 1. The van der Waals surface area contributed by atoms with Gasteiger partial charge in [-0.3, -0.25) is 4.79 Å². The minimum Gasteiger partial charge on any atom is -0.348 e. The molecular weight excluding hydrogens is 267 g/mol. The molecule has 3 nitrogen and oxygen atoms in total. The van der Waals surface area contributed by atoms with Crippen LogP contribution < -0.4 is 5.32 Å². The second-order valence-electron chi connectivity index (χ2n) is 4.92. The number of rotatable bonds is 3. The van der Waals surface area contributed by atoms with E-state index in [1.807, 2.05) is 32.0 Å². The maximum atomic E-state index is 13.7. The maximum absolute atomic E-state index is 13.7. The Morgan fingerprint density at radius 1 is 1.24 bits per heavy atom. The monoisotopic (exact) mass is 282 g/mol. The van der Waals surface area contributed by atoms with Crippen LogP contribution in [0.15, 0.2) is 36.4 Å². The van der Waals surface area contributed by atoms with E-state index in [9.17, 15) is 9.18 Å². The highest BCUT2D eigenvalue weighted by atomic mass is 19.1. The Kier molecular flexibility index (Phi) is 4.34. The summed E-state index contributed by atoms with van der Waals surface area (Å²) in [5.41, 5.74) is 3.16. The first-order valence-corrected chi connectivity index (χ1v) is 6.55. The van der Waals surface area contributed by atoms with Gasteiger partial charge in [-0.05, 0) is 37.6 Å². The zero-order valence-electron chi connectivity index (χ0n) is 11.9. The Morgan fingerprint density at radius 3 is 2.62 bits per heavy atom. The molecule has 21 heavy (non-hydrogen) atoms. The Balaban J connectivity index is 2.09. The molecule has 0 atom stereocenters. The Bertz CT molecular complexity index is 732. The van der Waals surface area contributed by atoms with Gasteiger partial charge >= 0.3 is 0 Å². The van der Waals surface area contributed by atoms with Crippen LogP contribution >= 0.6 is 0 Å². The standard InChI is InChI=1S/C17H15FN2O/c1-11-3-6-15(12(2)7-11)17(21)20-10-14-5-4-13(9-19)8-16(14)18/h3-8H,10H2,1-2H3,(H,20,21). The van der Waals surface area contributed by atoms with Crippen molar-refractivity contribution in [2.24, 2.45) is 0 Å². The summed E-state index contributed by atoms with van der Waals surface area (Å²) >= 11 is 0. The van der Waals surface area contributed by atoms with Crippen LogP contribution in [0, 0.1) is 31.0 Å². The number of hydrogen-bond donors (Lipinski definition) is 1. The highest BCUT2D eigenvalue weighted by Gasteiger charge is 2.10. The van der Waals surface area contributed by atoms with Crippen LogP contribution in [0.5, 0.6) is 0 Å². The van der Waals surface area contributed by atoms with Crippen molar-refractivity contribution < 1.29 is 9.18 Å². The maximum Gasteiger partial charge on any atom is 0.251 e. The van der Waals surface area contributed by atoms with Crippen LogP contribution in [0.25, 0.3) is 0 Å². The summed E-state index contributed by atoms with van der Waals surface area (Å²) < 4.78 is 13.7. The summed E-state index contributed by atoms with van der Waals surface area (Å²) in [7, 11) is 0. The molecule has 2 aromatic rings. The zero-order valence-corrected chi connectivity index (χ0v) is 11.9. The van der Waals surface area contributed by atoms with Crippen LogP contribution in [0.2, 0.25) is 0 Å². The molecule has 0 spiro atoms. The molecule has 0 aromatic heterocycles. The normalized spacial score (nSPS) is 10.0. The molecule has 106 valence electrons. The highest BCUT2D eigenvalue weighted by Crippen LogP contribution is 2.12. The van der Waals surface area contributed by atoms with Gasteiger partial charge in [-0.2, -0.15) is 5.26 Å². The minimum absolute atomic E-state index is 0.0870. The second-order valence-corrected chi connectivity index (χ2v) is 4.92. The van der Waals surface area contributed by atoms with Gasteiger partial charge in [-0.25, -0.2) is 4.39 Å². The lowest BCUT2D eigenvalue weighted by Crippen LogP contribution is -2.24. The molecule has 0 aliphatic carbocycles. The Labute approximate surface area is 123 Å². The fraction of sp³-hybridized carbons (Fsp3) is 0.176. The lowest BCUT2D eigenvalue weighted by molar-refractivity contribution is 0.0950. The van der Waals surface area contributed by atoms with Crippen molar-refractivity contribution in [3.8, 4) is 6.07 Å². The van der Waals surface area contributed by atoms with E-state index in [1.165, 1.54) is 18.2 Å². The first-order valence-electron chi connectivity index (χ1n) is 6.55. The summed E-state index contributed by atoms with van der Waals surface area (Å²) in [6.07, 6.45) is 0. The molecule has 1 amide bonds. The van der Waals surface area contributed by atoms with E-state index in [0.29, 0.717) is 11.1 Å². The number of nitrogens with one attached hydrogen (secondary N) is 1. The molecule has 4 heteroatoms. The highest BCUT2D eigenvalue weighted by molar-refractivity contribution is 5.95. The van der Waals surface area contributed by atoms with Crippen molar-refractivity contribution in [3.63, 3.8) is 0 Å². The first kappa shape index (κ1) is 14.7. The smallest absolute Gasteiger partial charge is 0.251 e. The van der Waals surface area contributed by atoms with E-state index in [4.69, 9.17) is 5.26 Å². The van der Waals surface area contributed by atoms with Crippen LogP contribution in [0.4, 0.5) is 4.39 Å². The SMILES string of the molecule is Cc1ccc(C(=O)NCc2ccc(C#N)cc2F)c(C)c1. The summed E-state index contributed by atoms with van der Waals surface area (Å²) in [4.78, 5) is 12.1. The van der Waals surface area contributed by atoms with Gasteiger partial charge in [0.15, 0.2) is 0 Å². The van der Waals surface area contributed by atoms with Crippen LogP contribution in [-0.2, 0) is 6.54 Å². The van der Waals surface area contributed by atoms with Gasteiger partial charge in [0.25, 0.3) is 5.91 Å². The summed E-state index contributed by atoms with van der Waals surface area (Å²) in [5.74, 6) is -0.730. The zero-order chi connectivity index (χ0) is 15.4. The van der Waals surface area contributed by atoms with Gasteiger partial charge in [0, 0.05) is 17.7 Å². The van der Waals surface area contributed by atoms with E-state index >= 15 is 0 Å². The van der Waals surface area contributed by atoms with Gasteiger partial charge in [-0.15, -0.1) is 0 Å². The molecule has 0 aliphatic rings. The number of carbonyl (C=O) groups excluding carboxylic acids is 1. The third-order valence-corrected chi connectivity index (χ3v) is 3.25. The number of halogens is 1. The number of carbonyl (C=O) groups is 1. The van der Waals surface area contributed by atoms with Gasteiger partial charge in [0.05, 0.1) is 11.6 Å². The number of nitrogens with zero attached hydrogens (tertiary/aromatic N) is 1. The lowest BCUT2D eigenvalue weighted by atomic mass is 10.0. The van der Waals surface area contributed by atoms with Gasteiger partial charge in [0.1, 0.15) is 5.82 Å². The molecule has 0 heterocycles. The van der Waals surface area contributed by atoms with Crippen LogP contribution in [0.1, 0.15) is 32.6 Å². The molecule has 0 unspecified atom stereocenters. The van der Waals surface area contributed by atoms with Crippen molar-refractivity contribution in [2.45, 2.75) is 20.4 Å². The van der Waals surface area contributed by atoms with E-state index < -0.39 is 5.82 Å². The molecule has 0 aliphatic heterocycles. The van der Waals surface area contributed by atoms with Gasteiger partial charge < -0.3 is 5.32 Å². The van der Waals surface area contributed by atoms with Crippen molar-refractivity contribution in [2.75, 3.05) is 0 Å². The molecule has 1 N–H and O–H groups in total. The second kappa shape index (κ2) is 6.19. The molecular formula is C17H15FN2O. The molecule has 0 saturated heterocycles. The molecule has 0 bridgehead atoms. The topological polar surface area (TPSA) is 52.9 Å². The summed E-state index contributed by atoms with van der Waals surface area (Å²) in [5, 5.41) is 11.4. The quantitative estimate of drug-likeness (QED) is 0.939. The van der Waals surface area contributed by atoms with Crippen molar-refractivity contribution >= 4 is 5.91 Å². The van der Waals surface area contributed by atoms with Crippen molar-refractivity contribution in [3.05, 3.63) is 70.0 Å². The van der Waals surface area contributed by atoms with E-state index in [2.05, 4.69) is 5.32 Å². The third kappa shape index (κ3) is 3.46. The molecule has 2 aromatic carbocycles.